The molecule has 0 spiro atoms. The summed E-state index contributed by atoms with van der Waals surface area (Å²) in [6, 6.07) is 17.3. The van der Waals surface area contributed by atoms with E-state index in [1.807, 2.05) is 23.7 Å². The first-order chi connectivity index (χ1) is 13.8. The van der Waals surface area contributed by atoms with Gasteiger partial charge in [-0.05, 0) is 55.3 Å². The molecule has 0 aliphatic carbocycles. The molecule has 1 fully saturated rings. The van der Waals surface area contributed by atoms with Gasteiger partial charge in [-0.15, -0.1) is 11.3 Å². The summed E-state index contributed by atoms with van der Waals surface area (Å²) in [5.74, 6) is 0.857. The summed E-state index contributed by atoms with van der Waals surface area (Å²) in [6.45, 7) is 2.03. The first-order valence-corrected chi connectivity index (χ1v) is 10.4. The summed E-state index contributed by atoms with van der Waals surface area (Å²) in [6.07, 6.45) is 5.99. The highest BCUT2D eigenvalue weighted by Crippen LogP contribution is 2.33. The van der Waals surface area contributed by atoms with Crippen LogP contribution in [-0.4, -0.2) is 26.4 Å². The van der Waals surface area contributed by atoms with E-state index in [9.17, 15) is 0 Å². The number of aromatic nitrogens is 3. The molecule has 0 amide bonds. The number of fused-ring (bicyclic) bond motifs is 1. The Labute approximate surface area is 168 Å². The van der Waals surface area contributed by atoms with E-state index in [0.29, 0.717) is 6.04 Å². The van der Waals surface area contributed by atoms with Gasteiger partial charge < -0.3 is 5.32 Å². The predicted molar refractivity (Wildman–Crippen MR) is 114 cm³/mol. The zero-order chi connectivity index (χ0) is 18.8. The molecule has 140 valence electrons. The van der Waals surface area contributed by atoms with Crippen molar-refractivity contribution in [3.05, 3.63) is 77.6 Å². The van der Waals surface area contributed by atoms with Crippen LogP contribution in [0.4, 0.5) is 10.9 Å². The van der Waals surface area contributed by atoms with Crippen molar-refractivity contribution in [1.29, 1.82) is 0 Å². The van der Waals surface area contributed by atoms with Crippen LogP contribution in [0, 0.1) is 0 Å². The van der Waals surface area contributed by atoms with Crippen LogP contribution in [0.5, 0.6) is 0 Å². The molecular formula is C22H21N5S. The largest absolute Gasteiger partial charge is 0.316 e. The fourth-order valence-electron chi connectivity index (χ4n) is 3.91. The van der Waals surface area contributed by atoms with Crippen molar-refractivity contribution in [1.82, 2.24) is 19.9 Å². The molecule has 28 heavy (non-hydrogen) atoms. The molecular weight excluding hydrogens is 366 g/mol. The lowest BCUT2D eigenvalue weighted by atomic mass is 10.1. The van der Waals surface area contributed by atoms with Crippen LogP contribution < -0.4 is 5.32 Å². The number of pyridine rings is 2. The zero-order valence-corrected chi connectivity index (χ0v) is 16.3. The molecule has 4 aromatic rings. The van der Waals surface area contributed by atoms with Gasteiger partial charge in [-0.2, -0.15) is 0 Å². The third kappa shape index (κ3) is 3.61. The van der Waals surface area contributed by atoms with E-state index in [4.69, 9.17) is 4.98 Å². The third-order valence-corrected chi connectivity index (χ3v) is 5.88. The molecule has 0 radical (unpaired) electrons. The topological polar surface area (TPSA) is 53.9 Å². The minimum atomic E-state index is 0.350. The molecule has 1 atom stereocenters. The standard InChI is InChI=1S/C22H21N5S/c1-5-19(25-21(7-1)26-22-24-11-13-28-22)20-6-3-12-27(20)15-16-8-9-18-17(14-16)4-2-10-23-18/h1-2,4-5,7-11,13-14,20H,3,6,12,15H2,(H,24,25,26)/t20-/m0/s1. The second kappa shape index (κ2) is 7.66. The Morgan fingerprint density at radius 2 is 2.07 bits per heavy atom. The molecule has 1 aliphatic heterocycles. The Balaban J connectivity index is 1.36. The zero-order valence-electron chi connectivity index (χ0n) is 15.5. The summed E-state index contributed by atoms with van der Waals surface area (Å²) in [4.78, 5) is 16.1. The van der Waals surface area contributed by atoms with Crippen LogP contribution in [0.15, 0.2) is 66.3 Å². The van der Waals surface area contributed by atoms with Gasteiger partial charge in [-0.25, -0.2) is 9.97 Å². The normalized spacial score (nSPS) is 17.2. The number of benzene rings is 1. The van der Waals surface area contributed by atoms with Gasteiger partial charge in [0.25, 0.3) is 0 Å². The maximum absolute atomic E-state index is 4.88. The number of likely N-dealkylation sites (tertiary alicyclic amines) is 1. The highest BCUT2D eigenvalue weighted by molar-refractivity contribution is 7.13. The van der Waals surface area contributed by atoms with E-state index < -0.39 is 0 Å². The van der Waals surface area contributed by atoms with E-state index in [-0.39, 0.29) is 0 Å². The molecule has 1 saturated heterocycles. The van der Waals surface area contributed by atoms with Crippen LogP contribution in [0.1, 0.15) is 30.1 Å². The lowest BCUT2D eigenvalue weighted by Crippen LogP contribution is -2.23. The summed E-state index contributed by atoms with van der Waals surface area (Å²) in [5.41, 5.74) is 3.50. The Morgan fingerprint density at radius 3 is 3.00 bits per heavy atom. The van der Waals surface area contributed by atoms with E-state index >= 15 is 0 Å². The SMILES string of the molecule is c1cc(Nc2nccs2)nc([C@@H]2CCCN2Cc2ccc3ncccc3c2)c1. The second-order valence-electron chi connectivity index (χ2n) is 7.07. The molecule has 6 heteroatoms. The van der Waals surface area contributed by atoms with Crippen molar-refractivity contribution in [2.45, 2.75) is 25.4 Å². The van der Waals surface area contributed by atoms with Crippen LogP contribution in [-0.2, 0) is 6.54 Å². The fourth-order valence-corrected chi connectivity index (χ4v) is 4.45. The fraction of sp³-hybridized carbons (Fsp3) is 0.227. The van der Waals surface area contributed by atoms with Gasteiger partial charge in [0.2, 0.25) is 0 Å². The molecule has 1 aromatic carbocycles. The van der Waals surface area contributed by atoms with E-state index in [0.717, 1.165) is 41.7 Å². The number of hydrogen-bond acceptors (Lipinski definition) is 6. The molecule has 0 unspecified atom stereocenters. The van der Waals surface area contributed by atoms with Gasteiger partial charge in [0.1, 0.15) is 5.82 Å². The number of thiazole rings is 1. The lowest BCUT2D eigenvalue weighted by Gasteiger charge is -2.24. The Kier molecular flexibility index (Phi) is 4.72. The van der Waals surface area contributed by atoms with Crippen LogP contribution in [0.3, 0.4) is 0 Å². The number of anilines is 2. The summed E-state index contributed by atoms with van der Waals surface area (Å²) < 4.78 is 0. The minimum Gasteiger partial charge on any atom is -0.316 e. The van der Waals surface area contributed by atoms with Crippen molar-refractivity contribution in [2.24, 2.45) is 0 Å². The van der Waals surface area contributed by atoms with E-state index in [2.05, 4.69) is 56.6 Å². The third-order valence-electron chi connectivity index (χ3n) is 5.20. The lowest BCUT2D eigenvalue weighted by molar-refractivity contribution is 0.244. The quantitative estimate of drug-likeness (QED) is 0.512. The summed E-state index contributed by atoms with van der Waals surface area (Å²) >= 11 is 1.58. The molecule has 1 N–H and O–H groups in total. The van der Waals surface area contributed by atoms with E-state index in [1.54, 1.807) is 17.5 Å². The van der Waals surface area contributed by atoms with Crippen LogP contribution >= 0.6 is 11.3 Å². The smallest absolute Gasteiger partial charge is 0.188 e. The average molecular weight is 388 g/mol. The van der Waals surface area contributed by atoms with Gasteiger partial charge in [0, 0.05) is 29.7 Å². The molecule has 0 bridgehead atoms. The van der Waals surface area contributed by atoms with E-state index in [1.165, 1.54) is 17.4 Å². The van der Waals surface area contributed by atoms with Gasteiger partial charge in [-0.1, -0.05) is 18.2 Å². The first-order valence-electron chi connectivity index (χ1n) is 9.56. The second-order valence-corrected chi connectivity index (χ2v) is 7.96. The number of rotatable bonds is 5. The van der Waals surface area contributed by atoms with Crippen LogP contribution in [0.2, 0.25) is 0 Å². The molecule has 1 aliphatic rings. The average Bonchev–Trinajstić information content (AvgIpc) is 3.40. The monoisotopic (exact) mass is 387 g/mol. The van der Waals surface area contributed by atoms with Crippen molar-refractivity contribution >= 4 is 33.2 Å². The predicted octanol–water partition coefficient (Wildman–Crippen LogP) is 5.17. The highest BCUT2D eigenvalue weighted by atomic mass is 32.1. The molecule has 0 saturated carbocycles. The Hall–Kier alpha value is -2.83. The number of nitrogens with one attached hydrogen (secondary N) is 1. The van der Waals surface area contributed by atoms with Gasteiger partial charge >= 0.3 is 0 Å². The maximum atomic E-state index is 4.88. The van der Waals surface area contributed by atoms with Gasteiger partial charge in [-0.3, -0.25) is 9.88 Å². The van der Waals surface area contributed by atoms with Crippen molar-refractivity contribution < 1.29 is 0 Å². The molecule has 5 nitrogen and oxygen atoms in total. The van der Waals surface area contributed by atoms with Crippen molar-refractivity contribution in [3.63, 3.8) is 0 Å². The molecule has 5 rings (SSSR count). The number of hydrogen-bond donors (Lipinski definition) is 1. The summed E-state index contributed by atoms with van der Waals surface area (Å²) in [7, 11) is 0. The van der Waals surface area contributed by atoms with Gasteiger partial charge in [0.15, 0.2) is 5.13 Å². The number of nitrogens with zero attached hydrogens (tertiary/aromatic N) is 4. The molecule has 4 heterocycles. The molecule has 3 aromatic heterocycles. The van der Waals surface area contributed by atoms with Crippen LogP contribution in [0.25, 0.3) is 10.9 Å². The van der Waals surface area contributed by atoms with Crippen molar-refractivity contribution in [3.8, 4) is 0 Å². The highest BCUT2D eigenvalue weighted by Gasteiger charge is 2.27. The van der Waals surface area contributed by atoms with Crippen molar-refractivity contribution in [2.75, 3.05) is 11.9 Å². The minimum absolute atomic E-state index is 0.350. The summed E-state index contributed by atoms with van der Waals surface area (Å²) in [5, 5.41) is 7.34. The first kappa shape index (κ1) is 17.3. The Morgan fingerprint density at radius 1 is 1.07 bits per heavy atom. The maximum Gasteiger partial charge on any atom is 0.188 e. The Bertz CT molecular complexity index is 1080. The van der Waals surface area contributed by atoms with Gasteiger partial charge in [0.05, 0.1) is 17.3 Å².